The molecule has 2 rings (SSSR count). The van der Waals surface area contributed by atoms with Gasteiger partial charge in [-0.25, -0.2) is 5.14 Å². The summed E-state index contributed by atoms with van der Waals surface area (Å²) < 4.78 is 24.3. The highest BCUT2D eigenvalue weighted by Crippen LogP contribution is 2.18. The highest BCUT2D eigenvalue weighted by atomic mass is 79.9. The van der Waals surface area contributed by atoms with Gasteiger partial charge in [0.1, 0.15) is 0 Å². The molecule has 1 aromatic rings. The molecule has 19 heavy (non-hydrogen) atoms. The quantitative estimate of drug-likeness (QED) is 0.840. The molecular formula is C11H14BrN3O3S. The molecule has 0 saturated carbocycles. The van der Waals surface area contributed by atoms with Crippen LogP contribution in [0, 0.1) is 0 Å². The smallest absolute Gasteiger partial charge is 0.277 e. The van der Waals surface area contributed by atoms with Crippen molar-refractivity contribution in [2.75, 3.05) is 26.2 Å². The minimum Gasteiger partial charge on any atom is -0.336 e. The van der Waals surface area contributed by atoms with Gasteiger partial charge in [0, 0.05) is 30.7 Å². The Labute approximate surface area is 120 Å². The van der Waals surface area contributed by atoms with Crippen LogP contribution in [0.25, 0.3) is 0 Å². The highest BCUT2D eigenvalue weighted by Gasteiger charge is 2.27. The van der Waals surface area contributed by atoms with Gasteiger partial charge in [-0.3, -0.25) is 4.79 Å². The summed E-state index contributed by atoms with van der Waals surface area (Å²) in [5.41, 5.74) is 0.576. The monoisotopic (exact) mass is 347 g/mol. The summed E-state index contributed by atoms with van der Waals surface area (Å²) in [5, 5.41) is 5.05. The fourth-order valence-corrected chi connectivity index (χ4v) is 3.08. The van der Waals surface area contributed by atoms with E-state index in [1.54, 1.807) is 23.1 Å². The Kier molecular flexibility index (Phi) is 4.24. The molecule has 1 amide bonds. The Morgan fingerprint density at radius 2 is 1.74 bits per heavy atom. The van der Waals surface area contributed by atoms with Gasteiger partial charge in [0.05, 0.1) is 5.56 Å². The first-order chi connectivity index (χ1) is 8.89. The van der Waals surface area contributed by atoms with Crippen molar-refractivity contribution in [2.24, 2.45) is 5.14 Å². The number of benzene rings is 1. The molecule has 0 unspecified atom stereocenters. The SMILES string of the molecule is NS(=O)(=O)N1CCN(C(=O)c2ccccc2Br)CC1. The van der Waals surface area contributed by atoms with E-state index < -0.39 is 10.2 Å². The van der Waals surface area contributed by atoms with E-state index in [0.717, 1.165) is 4.47 Å². The van der Waals surface area contributed by atoms with E-state index in [1.807, 2.05) is 6.07 Å². The zero-order valence-corrected chi connectivity index (χ0v) is 12.5. The van der Waals surface area contributed by atoms with Crippen LogP contribution in [0.3, 0.4) is 0 Å². The van der Waals surface area contributed by atoms with Gasteiger partial charge in [-0.2, -0.15) is 12.7 Å². The standard InChI is InChI=1S/C11H14BrN3O3S/c12-10-4-2-1-3-9(10)11(16)14-5-7-15(8-6-14)19(13,17)18/h1-4H,5-8H2,(H2,13,17,18). The van der Waals surface area contributed by atoms with Gasteiger partial charge >= 0.3 is 0 Å². The molecule has 2 N–H and O–H groups in total. The number of nitrogens with zero attached hydrogens (tertiary/aromatic N) is 2. The van der Waals surface area contributed by atoms with Crippen LogP contribution in [-0.4, -0.2) is 49.7 Å². The number of carbonyl (C=O) groups is 1. The maximum absolute atomic E-state index is 12.3. The minimum absolute atomic E-state index is 0.110. The molecule has 0 bridgehead atoms. The number of rotatable bonds is 2. The Hall–Kier alpha value is -0.960. The van der Waals surface area contributed by atoms with Crippen molar-refractivity contribution >= 4 is 32.0 Å². The molecule has 1 saturated heterocycles. The molecule has 1 aliphatic rings. The van der Waals surface area contributed by atoms with Gasteiger partial charge in [-0.15, -0.1) is 0 Å². The van der Waals surface area contributed by atoms with Crippen molar-refractivity contribution in [1.29, 1.82) is 0 Å². The Bertz CT molecular complexity index is 583. The molecule has 8 heteroatoms. The van der Waals surface area contributed by atoms with Crippen LogP contribution in [0.5, 0.6) is 0 Å². The number of halogens is 1. The molecular weight excluding hydrogens is 334 g/mol. The van der Waals surface area contributed by atoms with Gasteiger partial charge in [0.15, 0.2) is 0 Å². The number of nitrogens with two attached hydrogens (primary N) is 1. The van der Waals surface area contributed by atoms with Crippen molar-refractivity contribution < 1.29 is 13.2 Å². The third-order valence-corrected chi connectivity index (χ3v) is 4.77. The van der Waals surface area contributed by atoms with Crippen LogP contribution in [-0.2, 0) is 10.2 Å². The molecule has 104 valence electrons. The van der Waals surface area contributed by atoms with E-state index in [4.69, 9.17) is 5.14 Å². The third kappa shape index (κ3) is 3.33. The highest BCUT2D eigenvalue weighted by molar-refractivity contribution is 9.10. The van der Waals surface area contributed by atoms with Gasteiger partial charge in [-0.05, 0) is 28.1 Å². The lowest BCUT2D eigenvalue weighted by Crippen LogP contribution is -2.52. The number of hydrogen-bond acceptors (Lipinski definition) is 3. The summed E-state index contributed by atoms with van der Waals surface area (Å²) in [6.45, 7) is 1.15. The zero-order chi connectivity index (χ0) is 14.0. The predicted octanol–water partition coefficient (Wildman–Crippen LogP) is 0.410. The van der Waals surface area contributed by atoms with Crippen molar-refractivity contribution in [3.63, 3.8) is 0 Å². The van der Waals surface area contributed by atoms with Gasteiger partial charge < -0.3 is 4.90 Å². The molecule has 1 heterocycles. The first kappa shape index (κ1) is 14.4. The molecule has 0 aliphatic carbocycles. The summed E-state index contributed by atoms with van der Waals surface area (Å²) in [6, 6.07) is 7.16. The minimum atomic E-state index is -3.66. The lowest BCUT2D eigenvalue weighted by atomic mass is 10.2. The first-order valence-electron chi connectivity index (χ1n) is 5.71. The number of amides is 1. The van der Waals surface area contributed by atoms with Crippen LogP contribution in [0.2, 0.25) is 0 Å². The summed E-state index contributed by atoms with van der Waals surface area (Å²) in [4.78, 5) is 13.9. The van der Waals surface area contributed by atoms with Crippen molar-refractivity contribution in [2.45, 2.75) is 0 Å². The topological polar surface area (TPSA) is 83.7 Å². The maximum atomic E-state index is 12.3. The fourth-order valence-electron chi connectivity index (χ4n) is 1.95. The fraction of sp³-hybridized carbons (Fsp3) is 0.364. The predicted molar refractivity (Wildman–Crippen MR) is 74.7 cm³/mol. The van der Waals surface area contributed by atoms with Crippen LogP contribution in [0.1, 0.15) is 10.4 Å². The normalized spacial score (nSPS) is 17.5. The Balaban J connectivity index is 2.07. The molecule has 0 aromatic heterocycles. The lowest BCUT2D eigenvalue weighted by molar-refractivity contribution is 0.0697. The zero-order valence-electron chi connectivity index (χ0n) is 10.1. The molecule has 0 atom stereocenters. The molecule has 1 fully saturated rings. The molecule has 0 spiro atoms. The number of hydrogen-bond donors (Lipinski definition) is 1. The summed E-state index contributed by atoms with van der Waals surface area (Å²) in [7, 11) is -3.66. The van der Waals surface area contributed by atoms with Crippen LogP contribution >= 0.6 is 15.9 Å². The van der Waals surface area contributed by atoms with Crippen LogP contribution in [0.15, 0.2) is 28.7 Å². The van der Waals surface area contributed by atoms with Gasteiger partial charge in [0.2, 0.25) is 0 Å². The van der Waals surface area contributed by atoms with E-state index in [-0.39, 0.29) is 19.0 Å². The van der Waals surface area contributed by atoms with E-state index >= 15 is 0 Å². The second-order valence-corrected chi connectivity index (χ2v) is 6.62. The second-order valence-electron chi connectivity index (χ2n) is 4.22. The molecule has 1 aliphatic heterocycles. The number of carbonyl (C=O) groups excluding carboxylic acids is 1. The van der Waals surface area contributed by atoms with E-state index in [9.17, 15) is 13.2 Å². The van der Waals surface area contributed by atoms with Crippen molar-refractivity contribution in [3.8, 4) is 0 Å². The van der Waals surface area contributed by atoms with Crippen LogP contribution < -0.4 is 5.14 Å². The van der Waals surface area contributed by atoms with Crippen LogP contribution in [0.4, 0.5) is 0 Å². The summed E-state index contributed by atoms with van der Waals surface area (Å²) in [5.74, 6) is -0.110. The molecule has 6 nitrogen and oxygen atoms in total. The number of piperazine rings is 1. The summed E-state index contributed by atoms with van der Waals surface area (Å²) >= 11 is 3.33. The maximum Gasteiger partial charge on any atom is 0.277 e. The van der Waals surface area contributed by atoms with E-state index in [0.29, 0.717) is 18.7 Å². The Morgan fingerprint density at radius 3 is 2.26 bits per heavy atom. The molecule has 0 radical (unpaired) electrons. The summed E-state index contributed by atoms with van der Waals surface area (Å²) in [6.07, 6.45) is 0. The second kappa shape index (κ2) is 5.58. The average molecular weight is 348 g/mol. The Morgan fingerprint density at radius 1 is 1.16 bits per heavy atom. The van der Waals surface area contributed by atoms with E-state index in [2.05, 4.69) is 15.9 Å². The largest absolute Gasteiger partial charge is 0.336 e. The van der Waals surface area contributed by atoms with Crippen molar-refractivity contribution in [3.05, 3.63) is 34.3 Å². The first-order valence-corrected chi connectivity index (χ1v) is 8.01. The molecule has 1 aromatic carbocycles. The van der Waals surface area contributed by atoms with Crippen molar-refractivity contribution in [1.82, 2.24) is 9.21 Å². The third-order valence-electron chi connectivity index (χ3n) is 2.99. The van der Waals surface area contributed by atoms with E-state index in [1.165, 1.54) is 4.31 Å². The van der Waals surface area contributed by atoms with Gasteiger partial charge in [-0.1, -0.05) is 12.1 Å². The average Bonchev–Trinajstić information content (AvgIpc) is 2.38. The lowest BCUT2D eigenvalue weighted by Gasteiger charge is -2.33. The van der Waals surface area contributed by atoms with Gasteiger partial charge in [0.25, 0.3) is 16.1 Å².